The highest BCUT2D eigenvalue weighted by Crippen LogP contribution is 2.18. The minimum Gasteiger partial charge on any atom is -0.497 e. The fourth-order valence-corrected chi connectivity index (χ4v) is 3.43. The Morgan fingerprint density at radius 1 is 1.10 bits per heavy atom. The average Bonchev–Trinajstić information content (AvgIpc) is 2.77. The van der Waals surface area contributed by atoms with E-state index in [-0.39, 0.29) is 18.4 Å². The van der Waals surface area contributed by atoms with Gasteiger partial charge in [-0.1, -0.05) is 32.9 Å². The average molecular weight is 538 g/mol. The van der Waals surface area contributed by atoms with Crippen molar-refractivity contribution in [1.82, 2.24) is 10.2 Å². The molecule has 1 N–H and O–H groups in total. The molecule has 1 atom stereocenters. The molecule has 0 saturated heterocycles. The van der Waals surface area contributed by atoms with E-state index >= 15 is 0 Å². The number of carbonyl (C=O) groups is 2. The SMILES string of the molecule is CC[C@H](C(=O)NCC(C)C)N(Cc1cccc(OC)c1)C(=O)COc1ccc(I)cc1. The molecule has 0 radical (unpaired) electrons. The van der Waals surface area contributed by atoms with Crippen LogP contribution in [0.2, 0.25) is 0 Å². The molecule has 6 nitrogen and oxygen atoms in total. The minimum absolute atomic E-state index is 0.140. The van der Waals surface area contributed by atoms with E-state index in [4.69, 9.17) is 9.47 Å². The number of amides is 2. The molecule has 0 fully saturated rings. The van der Waals surface area contributed by atoms with Crippen molar-refractivity contribution in [2.24, 2.45) is 5.92 Å². The van der Waals surface area contributed by atoms with Crippen molar-refractivity contribution in [3.63, 3.8) is 0 Å². The number of methoxy groups -OCH3 is 1. The Balaban J connectivity index is 2.20. The molecule has 2 aromatic rings. The van der Waals surface area contributed by atoms with E-state index in [1.165, 1.54) is 0 Å². The van der Waals surface area contributed by atoms with Crippen molar-refractivity contribution in [2.45, 2.75) is 39.8 Å². The molecule has 0 heterocycles. The van der Waals surface area contributed by atoms with Crippen molar-refractivity contribution >= 4 is 34.4 Å². The summed E-state index contributed by atoms with van der Waals surface area (Å²) in [7, 11) is 1.60. The van der Waals surface area contributed by atoms with Crippen LogP contribution in [0.4, 0.5) is 0 Å². The van der Waals surface area contributed by atoms with E-state index in [0.717, 1.165) is 9.13 Å². The molecule has 0 aliphatic carbocycles. The second-order valence-electron chi connectivity index (χ2n) is 7.68. The predicted octanol–water partition coefficient (Wildman–Crippen LogP) is 4.26. The lowest BCUT2D eigenvalue weighted by atomic mass is 10.1. The first-order chi connectivity index (χ1) is 14.8. The number of nitrogens with one attached hydrogen (secondary N) is 1. The zero-order valence-electron chi connectivity index (χ0n) is 18.6. The molecule has 7 heteroatoms. The van der Waals surface area contributed by atoms with Crippen LogP contribution in [0.5, 0.6) is 11.5 Å². The summed E-state index contributed by atoms with van der Waals surface area (Å²) < 4.78 is 12.1. The summed E-state index contributed by atoms with van der Waals surface area (Å²) in [6.45, 7) is 6.70. The highest BCUT2D eigenvalue weighted by molar-refractivity contribution is 14.1. The van der Waals surface area contributed by atoms with Gasteiger partial charge in [-0.15, -0.1) is 0 Å². The molecule has 2 amide bonds. The first-order valence-corrected chi connectivity index (χ1v) is 11.5. The molecule has 0 aliphatic heterocycles. The van der Waals surface area contributed by atoms with Gasteiger partial charge < -0.3 is 19.7 Å². The zero-order chi connectivity index (χ0) is 22.8. The van der Waals surface area contributed by atoms with Crippen LogP contribution < -0.4 is 14.8 Å². The summed E-state index contributed by atoms with van der Waals surface area (Å²) >= 11 is 2.21. The van der Waals surface area contributed by atoms with Gasteiger partial charge in [0.2, 0.25) is 5.91 Å². The summed E-state index contributed by atoms with van der Waals surface area (Å²) in [5.74, 6) is 1.26. The van der Waals surface area contributed by atoms with Crippen LogP contribution in [0.25, 0.3) is 0 Å². The molecule has 2 rings (SSSR count). The minimum atomic E-state index is -0.585. The number of ether oxygens (including phenoxy) is 2. The Morgan fingerprint density at radius 2 is 1.81 bits per heavy atom. The molecule has 0 aromatic heterocycles. The molecule has 31 heavy (non-hydrogen) atoms. The monoisotopic (exact) mass is 538 g/mol. The lowest BCUT2D eigenvalue weighted by Gasteiger charge is -2.31. The summed E-state index contributed by atoms with van der Waals surface area (Å²) in [6.07, 6.45) is 0.503. The fourth-order valence-electron chi connectivity index (χ4n) is 3.07. The maximum atomic E-state index is 13.2. The fraction of sp³-hybridized carbons (Fsp3) is 0.417. The number of carbonyl (C=O) groups excluding carboxylic acids is 2. The molecule has 168 valence electrons. The second-order valence-corrected chi connectivity index (χ2v) is 8.92. The van der Waals surface area contributed by atoms with E-state index in [9.17, 15) is 9.59 Å². The van der Waals surface area contributed by atoms with Gasteiger partial charge in [0.05, 0.1) is 7.11 Å². The van der Waals surface area contributed by atoms with Gasteiger partial charge in [-0.3, -0.25) is 9.59 Å². The van der Waals surface area contributed by atoms with Gasteiger partial charge in [0, 0.05) is 16.7 Å². The first-order valence-electron chi connectivity index (χ1n) is 10.4. The maximum absolute atomic E-state index is 13.2. The van der Waals surface area contributed by atoms with E-state index < -0.39 is 6.04 Å². The van der Waals surface area contributed by atoms with Gasteiger partial charge in [-0.05, 0) is 76.9 Å². The summed E-state index contributed by atoms with van der Waals surface area (Å²) in [5, 5.41) is 2.96. The molecule has 0 saturated carbocycles. The smallest absolute Gasteiger partial charge is 0.261 e. The molecule has 0 unspecified atom stereocenters. The van der Waals surface area contributed by atoms with Gasteiger partial charge in [-0.25, -0.2) is 0 Å². The first kappa shape index (κ1) is 25.0. The Bertz CT molecular complexity index is 855. The highest BCUT2D eigenvalue weighted by atomic mass is 127. The van der Waals surface area contributed by atoms with Gasteiger partial charge >= 0.3 is 0 Å². The van der Waals surface area contributed by atoms with Crippen LogP contribution >= 0.6 is 22.6 Å². The van der Waals surface area contributed by atoms with Gasteiger partial charge in [0.25, 0.3) is 5.91 Å². The van der Waals surface area contributed by atoms with Crippen molar-refractivity contribution in [1.29, 1.82) is 0 Å². The molecule has 0 spiro atoms. The molecule has 2 aromatic carbocycles. The quantitative estimate of drug-likeness (QED) is 0.435. The Labute approximate surface area is 198 Å². The predicted molar refractivity (Wildman–Crippen MR) is 130 cm³/mol. The maximum Gasteiger partial charge on any atom is 0.261 e. The van der Waals surface area contributed by atoms with E-state index in [1.54, 1.807) is 12.0 Å². The Kier molecular flexibility index (Phi) is 10.1. The largest absolute Gasteiger partial charge is 0.497 e. The molecule has 0 bridgehead atoms. The topological polar surface area (TPSA) is 67.9 Å². The van der Waals surface area contributed by atoms with Crippen LogP contribution in [0.15, 0.2) is 48.5 Å². The summed E-state index contributed by atoms with van der Waals surface area (Å²) in [5.41, 5.74) is 0.886. The van der Waals surface area contributed by atoms with E-state index in [2.05, 4.69) is 27.9 Å². The van der Waals surface area contributed by atoms with Gasteiger partial charge in [-0.2, -0.15) is 0 Å². The van der Waals surface area contributed by atoms with Crippen molar-refractivity contribution in [2.75, 3.05) is 20.3 Å². The number of nitrogens with zero attached hydrogens (tertiary/aromatic N) is 1. The molecule has 0 aliphatic rings. The lowest BCUT2D eigenvalue weighted by Crippen LogP contribution is -2.50. The molecular formula is C24H31IN2O4. The standard InChI is InChI=1S/C24H31IN2O4/c1-5-22(24(29)26-14-17(2)3)27(15-18-7-6-8-21(13-18)30-4)23(28)16-31-20-11-9-19(25)10-12-20/h6-13,17,22H,5,14-16H2,1-4H3,(H,26,29)/t22-/m1/s1. The van der Waals surface area contributed by atoms with Crippen LogP contribution in [0.1, 0.15) is 32.8 Å². The Hall–Kier alpha value is -2.29. The van der Waals surface area contributed by atoms with E-state index in [0.29, 0.717) is 36.9 Å². The van der Waals surface area contributed by atoms with E-state index in [1.807, 2.05) is 69.3 Å². The summed E-state index contributed by atoms with van der Waals surface area (Å²) in [4.78, 5) is 27.6. The van der Waals surface area contributed by atoms with Crippen LogP contribution in [0, 0.1) is 9.49 Å². The van der Waals surface area contributed by atoms with Crippen molar-refractivity contribution < 1.29 is 19.1 Å². The van der Waals surface area contributed by atoms with Crippen molar-refractivity contribution in [3.8, 4) is 11.5 Å². The third-order valence-corrected chi connectivity index (χ3v) is 5.45. The van der Waals surface area contributed by atoms with Crippen LogP contribution in [-0.2, 0) is 16.1 Å². The van der Waals surface area contributed by atoms with Gasteiger partial charge in [0.15, 0.2) is 6.61 Å². The number of halogens is 1. The Morgan fingerprint density at radius 3 is 2.42 bits per heavy atom. The van der Waals surface area contributed by atoms with Crippen LogP contribution in [0.3, 0.4) is 0 Å². The van der Waals surface area contributed by atoms with Gasteiger partial charge in [0.1, 0.15) is 17.5 Å². The highest BCUT2D eigenvalue weighted by Gasteiger charge is 2.29. The number of rotatable bonds is 11. The normalized spacial score (nSPS) is 11.7. The zero-order valence-corrected chi connectivity index (χ0v) is 20.7. The van der Waals surface area contributed by atoms with Crippen LogP contribution in [-0.4, -0.2) is 43.0 Å². The third-order valence-electron chi connectivity index (χ3n) is 4.73. The second kappa shape index (κ2) is 12.5. The van der Waals surface area contributed by atoms with Crippen molar-refractivity contribution in [3.05, 3.63) is 57.7 Å². The number of hydrogen-bond acceptors (Lipinski definition) is 4. The lowest BCUT2D eigenvalue weighted by molar-refractivity contribution is -0.143. The number of hydrogen-bond donors (Lipinski definition) is 1. The molecular weight excluding hydrogens is 507 g/mol. The third kappa shape index (κ3) is 8.05. The summed E-state index contributed by atoms with van der Waals surface area (Å²) in [6, 6.07) is 14.4. The number of benzene rings is 2.